The van der Waals surface area contributed by atoms with Crippen LogP contribution in [0.5, 0.6) is 0 Å². The monoisotopic (exact) mass is 290 g/mol. The Hall–Kier alpha value is -1.55. The lowest BCUT2D eigenvalue weighted by Crippen LogP contribution is -2.46. The number of nitrogens with zero attached hydrogens (tertiary/aromatic N) is 2. The van der Waals surface area contributed by atoms with Gasteiger partial charge in [-0.25, -0.2) is 0 Å². The van der Waals surface area contributed by atoms with Gasteiger partial charge >= 0.3 is 5.97 Å². The van der Waals surface area contributed by atoms with E-state index in [9.17, 15) is 4.79 Å². The van der Waals surface area contributed by atoms with E-state index in [1.165, 1.54) is 13.0 Å². The molecule has 0 amide bonds. The Labute approximate surface area is 127 Å². The summed E-state index contributed by atoms with van der Waals surface area (Å²) in [5, 5.41) is 8.98. The molecular weight excluding hydrogens is 264 g/mol. The molecule has 0 spiro atoms. The minimum absolute atomic E-state index is 0.198. The number of para-hydroxylation sites is 1. The Morgan fingerprint density at radius 1 is 1.29 bits per heavy atom. The van der Waals surface area contributed by atoms with E-state index in [0.717, 1.165) is 31.6 Å². The molecule has 0 radical (unpaired) electrons. The number of benzene rings is 1. The molecule has 2 rings (SSSR count). The molecule has 1 heterocycles. The van der Waals surface area contributed by atoms with E-state index in [2.05, 4.69) is 28.9 Å². The molecule has 0 atom stereocenters. The average molecular weight is 290 g/mol. The quantitative estimate of drug-likeness (QED) is 0.838. The van der Waals surface area contributed by atoms with Crippen LogP contribution < -0.4 is 4.90 Å². The van der Waals surface area contributed by atoms with E-state index in [1.807, 2.05) is 18.2 Å². The Bertz CT molecular complexity index is 428. The molecular formula is C17H26N2O2. The van der Waals surface area contributed by atoms with Crippen molar-refractivity contribution in [2.45, 2.75) is 38.6 Å². The summed E-state index contributed by atoms with van der Waals surface area (Å²) in [6, 6.07) is 10.7. The number of carboxylic acid groups (broad SMARTS) is 1. The second-order valence-corrected chi connectivity index (χ2v) is 5.75. The maximum atomic E-state index is 10.9. The van der Waals surface area contributed by atoms with Gasteiger partial charge in [0.25, 0.3) is 0 Å². The molecule has 1 aromatic rings. The fraction of sp³-hybridized carbons (Fsp3) is 0.588. The summed E-state index contributed by atoms with van der Waals surface area (Å²) in [7, 11) is 0. The third kappa shape index (κ3) is 4.74. The van der Waals surface area contributed by atoms with Crippen molar-refractivity contribution in [3.8, 4) is 0 Å². The maximum Gasteiger partial charge on any atom is 0.305 e. The summed E-state index contributed by atoms with van der Waals surface area (Å²) in [6.07, 6.45) is 3.64. The first kappa shape index (κ1) is 15.8. The van der Waals surface area contributed by atoms with Crippen LogP contribution in [-0.4, -0.2) is 48.2 Å². The zero-order valence-electron chi connectivity index (χ0n) is 12.9. The van der Waals surface area contributed by atoms with Crippen molar-refractivity contribution in [2.24, 2.45) is 0 Å². The molecule has 4 nitrogen and oxygen atoms in total. The van der Waals surface area contributed by atoms with Crippen molar-refractivity contribution in [3.63, 3.8) is 0 Å². The van der Waals surface area contributed by atoms with E-state index in [1.54, 1.807) is 0 Å². The van der Waals surface area contributed by atoms with Crippen molar-refractivity contribution < 1.29 is 9.90 Å². The molecule has 1 aliphatic heterocycles. The molecule has 0 aromatic heterocycles. The molecule has 0 unspecified atom stereocenters. The van der Waals surface area contributed by atoms with Gasteiger partial charge in [-0.3, -0.25) is 4.79 Å². The van der Waals surface area contributed by atoms with Crippen molar-refractivity contribution >= 4 is 11.7 Å². The highest BCUT2D eigenvalue weighted by Gasteiger charge is 2.24. The fourth-order valence-corrected chi connectivity index (χ4v) is 3.13. The number of carbonyl (C=O) groups is 1. The van der Waals surface area contributed by atoms with Crippen molar-refractivity contribution in [3.05, 3.63) is 30.3 Å². The van der Waals surface area contributed by atoms with Crippen molar-refractivity contribution in [2.75, 3.05) is 31.1 Å². The highest BCUT2D eigenvalue weighted by Crippen LogP contribution is 2.23. The molecule has 0 saturated carbocycles. The third-order valence-electron chi connectivity index (χ3n) is 4.19. The van der Waals surface area contributed by atoms with Gasteiger partial charge in [0.2, 0.25) is 0 Å². The van der Waals surface area contributed by atoms with Gasteiger partial charge in [0, 0.05) is 31.4 Å². The molecule has 21 heavy (non-hydrogen) atoms. The number of piperidine rings is 1. The number of carboxylic acids is 1. The molecule has 1 aliphatic rings. The summed E-state index contributed by atoms with van der Waals surface area (Å²) in [5.74, 6) is -0.723. The fourth-order valence-electron chi connectivity index (χ4n) is 3.13. The molecule has 0 aliphatic carbocycles. The van der Waals surface area contributed by atoms with Crippen LogP contribution >= 0.6 is 0 Å². The third-order valence-corrected chi connectivity index (χ3v) is 4.19. The summed E-state index contributed by atoms with van der Waals surface area (Å²) >= 11 is 0. The standard InChI is InChI=1S/C17H26N2O2/c1-2-11-18-12-8-16(9-13-18)19(14-10-17(20)21)15-6-4-3-5-7-15/h3-7,16H,2,8-14H2,1H3,(H,20,21). The van der Waals surface area contributed by atoms with E-state index in [0.29, 0.717) is 12.6 Å². The molecule has 1 aromatic carbocycles. The molecule has 0 bridgehead atoms. The van der Waals surface area contributed by atoms with Crippen LogP contribution in [-0.2, 0) is 4.79 Å². The van der Waals surface area contributed by atoms with Crippen LogP contribution in [0.1, 0.15) is 32.6 Å². The van der Waals surface area contributed by atoms with Gasteiger partial charge in [-0.15, -0.1) is 0 Å². The lowest BCUT2D eigenvalue weighted by molar-refractivity contribution is -0.136. The zero-order chi connectivity index (χ0) is 15.1. The number of likely N-dealkylation sites (tertiary alicyclic amines) is 1. The van der Waals surface area contributed by atoms with Gasteiger partial charge in [-0.05, 0) is 37.9 Å². The number of aliphatic carboxylic acids is 1. The molecule has 1 N–H and O–H groups in total. The van der Waals surface area contributed by atoms with Crippen LogP contribution in [0.4, 0.5) is 5.69 Å². The Kier molecular flexibility index (Phi) is 6.05. The van der Waals surface area contributed by atoms with Crippen LogP contribution in [0.15, 0.2) is 30.3 Å². The first-order valence-electron chi connectivity index (χ1n) is 7.96. The van der Waals surface area contributed by atoms with E-state index < -0.39 is 5.97 Å². The van der Waals surface area contributed by atoms with Gasteiger partial charge in [0.05, 0.1) is 6.42 Å². The number of hydrogen-bond donors (Lipinski definition) is 1. The maximum absolute atomic E-state index is 10.9. The topological polar surface area (TPSA) is 43.8 Å². The van der Waals surface area contributed by atoms with Gasteiger partial charge < -0.3 is 14.9 Å². The van der Waals surface area contributed by atoms with Gasteiger partial charge in [-0.1, -0.05) is 25.1 Å². The minimum Gasteiger partial charge on any atom is -0.481 e. The lowest BCUT2D eigenvalue weighted by Gasteiger charge is -2.39. The van der Waals surface area contributed by atoms with E-state index in [4.69, 9.17) is 5.11 Å². The van der Waals surface area contributed by atoms with E-state index >= 15 is 0 Å². The number of rotatable bonds is 7. The smallest absolute Gasteiger partial charge is 0.305 e. The largest absolute Gasteiger partial charge is 0.481 e. The van der Waals surface area contributed by atoms with Crippen LogP contribution in [0.3, 0.4) is 0 Å². The first-order valence-corrected chi connectivity index (χ1v) is 7.96. The van der Waals surface area contributed by atoms with E-state index in [-0.39, 0.29) is 6.42 Å². The Morgan fingerprint density at radius 2 is 1.95 bits per heavy atom. The summed E-state index contributed by atoms with van der Waals surface area (Å²) < 4.78 is 0. The highest BCUT2D eigenvalue weighted by molar-refractivity contribution is 5.67. The SMILES string of the molecule is CCCN1CCC(N(CCC(=O)O)c2ccccc2)CC1. The predicted molar refractivity (Wildman–Crippen MR) is 85.8 cm³/mol. The van der Waals surface area contributed by atoms with Gasteiger partial charge in [-0.2, -0.15) is 0 Å². The van der Waals surface area contributed by atoms with Crippen molar-refractivity contribution in [1.29, 1.82) is 0 Å². The normalized spacial score (nSPS) is 16.8. The van der Waals surface area contributed by atoms with Crippen LogP contribution in [0.25, 0.3) is 0 Å². The lowest BCUT2D eigenvalue weighted by atomic mass is 10.0. The Morgan fingerprint density at radius 3 is 2.52 bits per heavy atom. The highest BCUT2D eigenvalue weighted by atomic mass is 16.4. The molecule has 4 heteroatoms. The van der Waals surface area contributed by atoms with Crippen LogP contribution in [0, 0.1) is 0 Å². The van der Waals surface area contributed by atoms with Gasteiger partial charge in [0.15, 0.2) is 0 Å². The summed E-state index contributed by atoms with van der Waals surface area (Å²) in [4.78, 5) is 15.7. The average Bonchev–Trinajstić information content (AvgIpc) is 2.50. The summed E-state index contributed by atoms with van der Waals surface area (Å²) in [5.41, 5.74) is 1.15. The van der Waals surface area contributed by atoms with Gasteiger partial charge in [0.1, 0.15) is 0 Å². The second-order valence-electron chi connectivity index (χ2n) is 5.75. The predicted octanol–water partition coefficient (Wildman–Crippen LogP) is 2.84. The minimum atomic E-state index is -0.723. The Balaban J connectivity index is 2.01. The number of hydrogen-bond acceptors (Lipinski definition) is 3. The second kappa shape index (κ2) is 8.03. The molecule has 1 fully saturated rings. The number of anilines is 1. The zero-order valence-corrected chi connectivity index (χ0v) is 12.9. The molecule has 1 saturated heterocycles. The first-order chi connectivity index (χ1) is 10.2. The van der Waals surface area contributed by atoms with Crippen molar-refractivity contribution in [1.82, 2.24) is 4.90 Å². The molecule has 116 valence electrons. The van der Waals surface area contributed by atoms with Crippen LogP contribution in [0.2, 0.25) is 0 Å². The summed E-state index contributed by atoms with van der Waals surface area (Å²) in [6.45, 7) is 6.23.